The van der Waals surface area contributed by atoms with Crippen molar-refractivity contribution in [1.29, 1.82) is 0 Å². The van der Waals surface area contributed by atoms with Crippen LogP contribution in [0.2, 0.25) is 0 Å². The van der Waals surface area contributed by atoms with Gasteiger partial charge in [0, 0.05) is 10.8 Å². The highest BCUT2D eigenvalue weighted by Crippen LogP contribution is 2.49. The monoisotopic (exact) mass is 572 g/mol. The molecule has 0 aliphatic carbocycles. The van der Waals surface area contributed by atoms with Crippen LogP contribution in [0.1, 0.15) is 0 Å². The molecule has 0 saturated carbocycles. The summed E-state index contributed by atoms with van der Waals surface area (Å²) in [6.07, 6.45) is 0. The number of hydrogen-bond donors (Lipinski definition) is 0. The first-order chi connectivity index (χ1) is 22.4. The Morgan fingerprint density at radius 3 is 1.20 bits per heavy atom. The molecule has 0 radical (unpaired) electrons. The zero-order valence-corrected chi connectivity index (χ0v) is 24.6. The first-order valence-corrected chi connectivity index (χ1v) is 15.4. The Labute approximate surface area is 261 Å². The molecule has 9 rings (SSSR count). The van der Waals surface area contributed by atoms with Crippen molar-refractivity contribution >= 4 is 43.5 Å². The number of hydrogen-bond acceptors (Lipinski definition) is 1. The van der Waals surface area contributed by atoms with Gasteiger partial charge in [-0.2, -0.15) is 0 Å². The minimum absolute atomic E-state index is 0.901. The van der Waals surface area contributed by atoms with E-state index in [1.807, 2.05) is 0 Å². The summed E-state index contributed by atoms with van der Waals surface area (Å²) < 4.78 is 6.56. The molecular formula is C44H28O. The summed E-state index contributed by atoms with van der Waals surface area (Å²) in [4.78, 5) is 0. The van der Waals surface area contributed by atoms with Gasteiger partial charge < -0.3 is 4.42 Å². The summed E-state index contributed by atoms with van der Waals surface area (Å²) in [5.74, 6) is 0. The Hall–Kier alpha value is -5.92. The number of furan rings is 1. The predicted molar refractivity (Wildman–Crippen MR) is 190 cm³/mol. The van der Waals surface area contributed by atoms with Crippen LogP contribution < -0.4 is 0 Å². The molecule has 1 heterocycles. The Kier molecular flexibility index (Phi) is 5.89. The molecule has 1 heteroatoms. The van der Waals surface area contributed by atoms with E-state index in [-0.39, 0.29) is 0 Å². The molecule has 0 aliphatic heterocycles. The summed E-state index contributed by atoms with van der Waals surface area (Å²) in [7, 11) is 0. The smallest absolute Gasteiger partial charge is 0.136 e. The van der Waals surface area contributed by atoms with Crippen LogP contribution in [-0.2, 0) is 0 Å². The van der Waals surface area contributed by atoms with Gasteiger partial charge in [0.25, 0.3) is 0 Å². The molecule has 0 fully saturated rings. The minimum Gasteiger partial charge on any atom is -0.456 e. The van der Waals surface area contributed by atoms with Gasteiger partial charge in [-0.3, -0.25) is 0 Å². The van der Waals surface area contributed by atoms with E-state index in [4.69, 9.17) is 4.42 Å². The second kappa shape index (κ2) is 10.4. The summed E-state index contributed by atoms with van der Waals surface area (Å²) in [5.41, 5.74) is 11.5. The van der Waals surface area contributed by atoms with Crippen LogP contribution in [0.4, 0.5) is 0 Å². The van der Waals surface area contributed by atoms with Crippen LogP contribution >= 0.6 is 0 Å². The fourth-order valence-electron chi connectivity index (χ4n) is 7.21. The molecule has 0 atom stereocenters. The van der Waals surface area contributed by atoms with Crippen molar-refractivity contribution in [1.82, 2.24) is 0 Å². The molecule has 0 unspecified atom stereocenters. The molecule has 0 spiro atoms. The minimum atomic E-state index is 0.901. The average Bonchev–Trinajstić information content (AvgIpc) is 3.51. The first kappa shape index (κ1) is 25.6. The molecule has 0 saturated heterocycles. The molecule has 0 bridgehead atoms. The number of benzene rings is 8. The van der Waals surface area contributed by atoms with Gasteiger partial charge in [0.1, 0.15) is 11.2 Å². The largest absolute Gasteiger partial charge is 0.456 e. The predicted octanol–water partition coefficient (Wildman–Crippen LogP) is 12.6. The third-order valence-corrected chi connectivity index (χ3v) is 9.09. The van der Waals surface area contributed by atoms with Gasteiger partial charge >= 0.3 is 0 Å². The van der Waals surface area contributed by atoms with Gasteiger partial charge in [-0.25, -0.2) is 0 Å². The van der Waals surface area contributed by atoms with Gasteiger partial charge in [0.05, 0.1) is 0 Å². The highest BCUT2D eigenvalue weighted by atomic mass is 16.3. The fraction of sp³-hybridized carbons (Fsp3) is 0. The quantitative estimate of drug-likeness (QED) is 0.191. The molecule has 1 aromatic heterocycles. The zero-order chi connectivity index (χ0) is 29.7. The van der Waals surface area contributed by atoms with E-state index in [2.05, 4.69) is 170 Å². The SMILES string of the molecule is c1ccc(-c2ccccc2-c2c3ccccc3c(-c3cccc4oc5cccc(-c6ccccc6)c5c34)c3ccccc23)cc1. The van der Waals surface area contributed by atoms with E-state index in [0.29, 0.717) is 0 Å². The van der Waals surface area contributed by atoms with Crippen molar-refractivity contribution in [3.8, 4) is 44.5 Å². The maximum atomic E-state index is 6.56. The molecule has 1 nitrogen and oxygen atoms in total. The van der Waals surface area contributed by atoms with Crippen LogP contribution in [-0.4, -0.2) is 0 Å². The Bertz CT molecular complexity index is 2460. The van der Waals surface area contributed by atoms with Gasteiger partial charge in [-0.15, -0.1) is 0 Å². The number of rotatable bonds is 4. The second-order valence-corrected chi connectivity index (χ2v) is 11.6. The van der Waals surface area contributed by atoms with Gasteiger partial charge in [0.2, 0.25) is 0 Å². The molecule has 210 valence electrons. The van der Waals surface area contributed by atoms with E-state index >= 15 is 0 Å². The van der Waals surface area contributed by atoms with Crippen molar-refractivity contribution in [2.45, 2.75) is 0 Å². The fourth-order valence-corrected chi connectivity index (χ4v) is 7.21. The zero-order valence-electron chi connectivity index (χ0n) is 24.6. The lowest BCUT2D eigenvalue weighted by molar-refractivity contribution is 0.669. The Morgan fingerprint density at radius 1 is 0.267 bits per heavy atom. The van der Waals surface area contributed by atoms with E-state index < -0.39 is 0 Å². The summed E-state index contributed by atoms with van der Waals surface area (Å²) in [6.45, 7) is 0. The molecule has 0 aliphatic rings. The molecule has 0 N–H and O–H groups in total. The molecule has 45 heavy (non-hydrogen) atoms. The highest BCUT2D eigenvalue weighted by Gasteiger charge is 2.22. The maximum Gasteiger partial charge on any atom is 0.136 e. The normalized spacial score (nSPS) is 11.6. The van der Waals surface area contributed by atoms with Gasteiger partial charge in [-0.1, -0.05) is 158 Å². The summed E-state index contributed by atoms with van der Waals surface area (Å²) in [5, 5.41) is 7.24. The van der Waals surface area contributed by atoms with Crippen molar-refractivity contribution in [3.63, 3.8) is 0 Å². The van der Waals surface area contributed by atoms with Gasteiger partial charge in [-0.05, 0) is 78.2 Å². The van der Waals surface area contributed by atoms with Crippen LogP contribution in [0, 0.1) is 0 Å². The Balaban J connectivity index is 1.43. The molecular weight excluding hydrogens is 544 g/mol. The Morgan fingerprint density at radius 2 is 0.644 bits per heavy atom. The van der Waals surface area contributed by atoms with Crippen LogP contribution in [0.15, 0.2) is 174 Å². The maximum absolute atomic E-state index is 6.56. The first-order valence-electron chi connectivity index (χ1n) is 15.4. The third kappa shape index (κ3) is 4.02. The van der Waals surface area contributed by atoms with E-state index in [0.717, 1.165) is 21.9 Å². The van der Waals surface area contributed by atoms with Crippen molar-refractivity contribution in [2.75, 3.05) is 0 Å². The van der Waals surface area contributed by atoms with Gasteiger partial charge in [0.15, 0.2) is 0 Å². The molecule has 0 amide bonds. The van der Waals surface area contributed by atoms with Crippen molar-refractivity contribution < 1.29 is 4.42 Å². The van der Waals surface area contributed by atoms with Crippen molar-refractivity contribution in [2.24, 2.45) is 0 Å². The lowest BCUT2D eigenvalue weighted by atomic mass is 9.83. The summed E-state index contributed by atoms with van der Waals surface area (Å²) >= 11 is 0. The lowest BCUT2D eigenvalue weighted by Gasteiger charge is -2.20. The lowest BCUT2D eigenvalue weighted by Crippen LogP contribution is -1.93. The van der Waals surface area contributed by atoms with Crippen molar-refractivity contribution in [3.05, 3.63) is 170 Å². The molecule has 8 aromatic carbocycles. The summed E-state index contributed by atoms with van der Waals surface area (Å²) in [6, 6.07) is 60.8. The van der Waals surface area contributed by atoms with Crippen LogP contribution in [0.3, 0.4) is 0 Å². The molecule has 9 aromatic rings. The van der Waals surface area contributed by atoms with E-state index in [1.165, 1.54) is 66.1 Å². The standard InChI is InChI=1S/C44H28O/c1-3-15-29(16-4-1)31-19-7-8-20-33(31)41-34-21-9-11-23-36(34)42(37-24-12-10-22-35(37)41)38-26-14-28-40-44(38)43-32(25-13-27-39(43)45-40)30-17-5-2-6-18-30/h1-28H. The topological polar surface area (TPSA) is 13.1 Å². The van der Waals surface area contributed by atoms with Crippen LogP contribution in [0.25, 0.3) is 88.0 Å². The van der Waals surface area contributed by atoms with E-state index in [1.54, 1.807) is 0 Å². The third-order valence-electron chi connectivity index (χ3n) is 9.09. The second-order valence-electron chi connectivity index (χ2n) is 11.6. The average molecular weight is 573 g/mol. The van der Waals surface area contributed by atoms with E-state index in [9.17, 15) is 0 Å². The highest BCUT2D eigenvalue weighted by molar-refractivity contribution is 6.27. The van der Waals surface area contributed by atoms with Crippen LogP contribution in [0.5, 0.6) is 0 Å². The number of fused-ring (bicyclic) bond motifs is 5.